The Labute approximate surface area is 200 Å². The van der Waals surface area contributed by atoms with Gasteiger partial charge in [-0.3, -0.25) is 9.59 Å². The van der Waals surface area contributed by atoms with Crippen LogP contribution in [0.4, 0.5) is 0 Å². The number of carbonyl (C=O) groups excluding carboxylic acids is 1. The molecule has 1 amide bonds. The molecule has 1 aliphatic carbocycles. The second-order valence-electron chi connectivity index (χ2n) is 8.03. The van der Waals surface area contributed by atoms with Crippen LogP contribution in [0.3, 0.4) is 0 Å². The molecular formula is C24H21Cl2N3O4. The molecule has 0 radical (unpaired) electrons. The number of hydrogen-bond acceptors (Lipinski definition) is 4. The maximum absolute atomic E-state index is 12.8. The smallest absolute Gasteiger partial charge is 0.330 e. The zero-order chi connectivity index (χ0) is 23.9. The lowest BCUT2D eigenvalue weighted by Gasteiger charge is -2.17. The van der Waals surface area contributed by atoms with Crippen molar-refractivity contribution in [2.24, 2.45) is 7.05 Å². The van der Waals surface area contributed by atoms with Crippen LogP contribution in [0.15, 0.2) is 53.5 Å². The van der Waals surface area contributed by atoms with E-state index in [1.165, 1.54) is 16.8 Å². The molecule has 2 atom stereocenters. The SMILES string of the molecule is CCc1cnn(C)c(=O)c1-c1ccc([C@@H]2CC2(NC(=O)c2c(Cl)cccc2Cl)C(=O)O)cc1. The molecule has 9 heteroatoms. The number of rotatable bonds is 6. The third kappa shape index (κ3) is 4.03. The topological polar surface area (TPSA) is 101 Å². The number of hydrogen-bond donors (Lipinski definition) is 2. The molecular weight excluding hydrogens is 465 g/mol. The van der Waals surface area contributed by atoms with E-state index in [1.54, 1.807) is 43.6 Å². The number of aryl methyl sites for hydroxylation is 2. The molecule has 3 aromatic rings. The maximum atomic E-state index is 12.8. The van der Waals surface area contributed by atoms with E-state index in [9.17, 15) is 19.5 Å². The highest BCUT2D eigenvalue weighted by atomic mass is 35.5. The Kier molecular flexibility index (Phi) is 6.03. The summed E-state index contributed by atoms with van der Waals surface area (Å²) in [5, 5.41) is 16.9. The summed E-state index contributed by atoms with van der Waals surface area (Å²) in [7, 11) is 1.60. The molecule has 0 aliphatic heterocycles. The summed E-state index contributed by atoms with van der Waals surface area (Å²) in [5.74, 6) is -2.20. The first-order valence-corrected chi connectivity index (χ1v) is 11.1. The summed E-state index contributed by atoms with van der Waals surface area (Å²) in [5.41, 5.74) is 1.27. The van der Waals surface area contributed by atoms with Crippen molar-refractivity contribution in [2.45, 2.75) is 31.2 Å². The highest BCUT2D eigenvalue weighted by molar-refractivity contribution is 6.39. The van der Waals surface area contributed by atoms with Gasteiger partial charge < -0.3 is 10.4 Å². The van der Waals surface area contributed by atoms with Gasteiger partial charge in [-0.1, -0.05) is 60.5 Å². The van der Waals surface area contributed by atoms with Gasteiger partial charge >= 0.3 is 5.97 Å². The van der Waals surface area contributed by atoms with Crippen LogP contribution in [0.25, 0.3) is 11.1 Å². The van der Waals surface area contributed by atoms with Gasteiger partial charge in [0.15, 0.2) is 0 Å². The van der Waals surface area contributed by atoms with Crippen molar-refractivity contribution in [2.75, 3.05) is 0 Å². The normalized spacial score (nSPS) is 19.2. The summed E-state index contributed by atoms with van der Waals surface area (Å²) >= 11 is 12.2. The van der Waals surface area contributed by atoms with Crippen LogP contribution in [0, 0.1) is 0 Å². The standard InChI is InChI=1S/C24H21Cl2N3O4/c1-3-13-12-27-29(2)22(31)19(13)15-9-7-14(8-10-15)16-11-24(16,23(32)33)28-21(30)20-17(25)5-4-6-18(20)26/h4-10,12,16H,3,11H2,1-2H3,(H,28,30)(H,32,33)/t16-,24?/m0/s1. The Bertz CT molecular complexity index is 1300. The van der Waals surface area contributed by atoms with Gasteiger partial charge in [-0.05, 0) is 41.7 Å². The van der Waals surface area contributed by atoms with Gasteiger partial charge in [-0.2, -0.15) is 5.10 Å². The van der Waals surface area contributed by atoms with Crippen molar-refractivity contribution in [1.29, 1.82) is 0 Å². The first-order valence-electron chi connectivity index (χ1n) is 10.3. The average Bonchev–Trinajstić information content (AvgIpc) is 3.51. The van der Waals surface area contributed by atoms with E-state index >= 15 is 0 Å². The van der Waals surface area contributed by atoms with Crippen LogP contribution in [-0.4, -0.2) is 32.3 Å². The van der Waals surface area contributed by atoms with Crippen LogP contribution in [0.2, 0.25) is 10.0 Å². The predicted octanol–water partition coefficient (Wildman–Crippen LogP) is 4.06. The molecule has 0 saturated heterocycles. The van der Waals surface area contributed by atoms with Crippen molar-refractivity contribution in [3.8, 4) is 11.1 Å². The van der Waals surface area contributed by atoms with Crippen molar-refractivity contribution in [1.82, 2.24) is 15.1 Å². The Morgan fingerprint density at radius 2 is 1.82 bits per heavy atom. The van der Waals surface area contributed by atoms with Gasteiger partial charge in [0.2, 0.25) is 0 Å². The van der Waals surface area contributed by atoms with Crippen LogP contribution < -0.4 is 10.9 Å². The summed E-state index contributed by atoms with van der Waals surface area (Å²) in [6, 6.07) is 11.8. The van der Waals surface area contributed by atoms with Crippen molar-refractivity contribution < 1.29 is 14.7 Å². The largest absolute Gasteiger partial charge is 0.479 e. The van der Waals surface area contributed by atoms with Gasteiger partial charge in [-0.15, -0.1) is 0 Å². The third-order valence-corrected chi connectivity index (χ3v) is 6.70. The number of carboxylic acid groups (broad SMARTS) is 1. The molecule has 2 N–H and O–H groups in total. The number of aromatic nitrogens is 2. The highest BCUT2D eigenvalue weighted by Gasteiger charge is 2.62. The molecule has 1 aliphatic rings. The zero-order valence-electron chi connectivity index (χ0n) is 17.9. The number of aliphatic carboxylic acids is 1. The molecule has 1 unspecified atom stereocenters. The first-order chi connectivity index (χ1) is 15.7. The minimum Gasteiger partial charge on any atom is -0.479 e. The molecule has 170 valence electrons. The number of nitrogens with zero attached hydrogens (tertiary/aromatic N) is 2. The number of benzene rings is 2. The minimum atomic E-state index is -1.46. The van der Waals surface area contributed by atoms with Gasteiger partial charge in [0.1, 0.15) is 5.54 Å². The number of halogens is 2. The van der Waals surface area contributed by atoms with E-state index in [-0.39, 0.29) is 27.6 Å². The highest BCUT2D eigenvalue weighted by Crippen LogP contribution is 2.52. The van der Waals surface area contributed by atoms with Crippen molar-refractivity contribution >= 4 is 35.1 Å². The van der Waals surface area contributed by atoms with Gasteiger partial charge in [0.25, 0.3) is 11.5 Å². The number of amides is 1. The summed E-state index contributed by atoms with van der Waals surface area (Å²) in [4.78, 5) is 37.6. The first kappa shape index (κ1) is 23.0. The quantitative estimate of drug-likeness (QED) is 0.548. The van der Waals surface area contributed by atoms with Crippen LogP contribution in [0.1, 0.15) is 40.7 Å². The summed E-state index contributed by atoms with van der Waals surface area (Å²) in [6.07, 6.45) is 2.56. The van der Waals surface area contributed by atoms with E-state index in [4.69, 9.17) is 23.2 Å². The second-order valence-corrected chi connectivity index (χ2v) is 8.85. The Morgan fingerprint density at radius 3 is 2.39 bits per heavy atom. The van der Waals surface area contributed by atoms with E-state index in [2.05, 4.69) is 10.4 Å². The molecule has 33 heavy (non-hydrogen) atoms. The Balaban J connectivity index is 1.62. The molecule has 1 heterocycles. The predicted molar refractivity (Wildman–Crippen MR) is 126 cm³/mol. The van der Waals surface area contributed by atoms with Gasteiger partial charge in [0.05, 0.1) is 27.4 Å². The molecule has 1 fully saturated rings. The monoisotopic (exact) mass is 485 g/mol. The molecule has 1 saturated carbocycles. The fraction of sp³-hybridized carbons (Fsp3) is 0.250. The fourth-order valence-electron chi connectivity index (χ4n) is 4.10. The Morgan fingerprint density at radius 1 is 1.18 bits per heavy atom. The second kappa shape index (κ2) is 8.65. The molecule has 7 nitrogen and oxygen atoms in total. The lowest BCUT2D eigenvalue weighted by atomic mass is 9.98. The van der Waals surface area contributed by atoms with E-state index < -0.39 is 23.3 Å². The van der Waals surface area contributed by atoms with E-state index in [0.29, 0.717) is 12.0 Å². The summed E-state index contributed by atoms with van der Waals surface area (Å²) < 4.78 is 1.29. The lowest BCUT2D eigenvalue weighted by Crippen LogP contribution is -2.44. The van der Waals surface area contributed by atoms with E-state index in [1.807, 2.05) is 6.92 Å². The average molecular weight is 486 g/mol. The molecule has 2 aromatic carbocycles. The lowest BCUT2D eigenvalue weighted by molar-refractivity contribution is -0.140. The van der Waals surface area contributed by atoms with E-state index in [0.717, 1.165) is 16.7 Å². The maximum Gasteiger partial charge on any atom is 0.330 e. The number of carbonyl (C=O) groups is 2. The Hall–Kier alpha value is -3.16. The number of nitrogens with one attached hydrogen (secondary N) is 1. The third-order valence-electron chi connectivity index (χ3n) is 6.07. The van der Waals surface area contributed by atoms with Crippen molar-refractivity contribution in [3.05, 3.63) is 85.8 Å². The van der Waals surface area contributed by atoms with Crippen LogP contribution in [0.5, 0.6) is 0 Å². The molecule has 0 bridgehead atoms. The molecule has 1 aromatic heterocycles. The molecule has 0 spiro atoms. The van der Waals surface area contributed by atoms with Gasteiger partial charge in [-0.25, -0.2) is 9.48 Å². The molecule has 4 rings (SSSR count). The van der Waals surface area contributed by atoms with Crippen LogP contribution >= 0.6 is 23.2 Å². The minimum absolute atomic E-state index is 0.0445. The van der Waals surface area contributed by atoms with Crippen LogP contribution in [-0.2, 0) is 18.3 Å². The summed E-state index contributed by atoms with van der Waals surface area (Å²) in [6.45, 7) is 1.95. The number of carboxylic acids is 1. The fourth-order valence-corrected chi connectivity index (χ4v) is 4.67. The van der Waals surface area contributed by atoms with Gasteiger partial charge in [0, 0.05) is 13.0 Å². The zero-order valence-corrected chi connectivity index (χ0v) is 19.4. The van der Waals surface area contributed by atoms with Crippen molar-refractivity contribution in [3.63, 3.8) is 0 Å².